The maximum atomic E-state index is 5.00. The van der Waals surface area contributed by atoms with Gasteiger partial charge in [0.2, 0.25) is 0 Å². The van der Waals surface area contributed by atoms with Gasteiger partial charge in [-0.1, -0.05) is 54.6 Å². The Bertz CT molecular complexity index is 847. The summed E-state index contributed by atoms with van der Waals surface area (Å²) in [5.41, 5.74) is 7.81. The van der Waals surface area contributed by atoms with Crippen LogP contribution in [0.5, 0.6) is 0 Å². The number of benzene rings is 2. The lowest BCUT2D eigenvalue weighted by Crippen LogP contribution is -2.16. The van der Waals surface area contributed by atoms with Gasteiger partial charge >= 0.3 is 0 Å². The molecule has 0 atom stereocenters. The molecular weight excluding hydrogens is 294 g/mol. The van der Waals surface area contributed by atoms with Crippen molar-refractivity contribution in [2.24, 2.45) is 0 Å². The topological polar surface area (TPSA) is 21.1 Å². The van der Waals surface area contributed by atoms with Crippen molar-refractivity contribution in [3.8, 4) is 22.5 Å². The molecule has 4 rings (SSSR count). The molecule has 0 saturated carbocycles. The molecule has 0 radical (unpaired) electrons. The summed E-state index contributed by atoms with van der Waals surface area (Å²) >= 11 is 0. The molecule has 0 unspecified atom stereocenters. The van der Waals surface area contributed by atoms with Gasteiger partial charge in [0.15, 0.2) is 0 Å². The molecule has 3 nitrogen and oxygen atoms in total. The second-order valence-corrected chi connectivity index (χ2v) is 6.76. The molecular formula is C21H23N3. The number of aryl methyl sites for hydroxylation is 1. The van der Waals surface area contributed by atoms with Crippen molar-refractivity contribution in [2.75, 3.05) is 20.6 Å². The van der Waals surface area contributed by atoms with E-state index < -0.39 is 0 Å². The Labute approximate surface area is 143 Å². The third-order valence-electron chi connectivity index (χ3n) is 4.71. The second kappa shape index (κ2) is 6.25. The molecule has 1 heterocycles. The Kier molecular flexibility index (Phi) is 3.95. The third-order valence-corrected chi connectivity index (χ3v) is 4.71. The highest BCUT2D eigenvalue weighted by Crippen LogP contribution is 2.41. The van der Waals surface area contributed by atoms with Crippen LogP contribution in [0.1, 0.15) is 17.5 Å². The van der Waals surface area contributed by atoms with Gasteiger partial charge in [-0.05, 0) is 32.6 Å². The Morgan fingerprint density at radius 2 is 1.75 bits per heavy atom. The minimum absolute atomic E-state index is 0.956. The van der Waals surface area contributed by atoms with Crippen LogP contribution in [0.15, 0.2) is 54.6 Å². The molecule has 1 aromatic heterocycles. The average Bonchev–Trinajstić information content (AvgIpc) is 3.11. The van der Waals surface area contributed by atoms with Gasteiger partial charge in [0.25, 0.3) is 0 Å². The lowest BCUT2D eigenvalue weighted by Gasteiger charge is -2.12. The molecule has 1 aliphatic carbocycles. The number of fused-ring (bicyclic) bond motifs is 3. The average molecular weight is 317 g/mol. The van der Waals surface area contributed by atoms with Crippen LogP contribution in [0.3, 0.4) is 0 Å². The van der Waals surface area contributed by atoms with Crippen LogP contribution in [-0.2, 0) is 13.0 Å². The van der Waals surface area contributed by atoms with Crippen molar-refractivity contribution in [1.29, 1.82) is 0 Å². The van der Waals surface area contributed by atoms with Crippen molar-refractivity contribution in [2.45, 2.75) is 19.4 Å². The highest BCUT2D eigenvalue weighted by molar-refractivity contribution is 5.81. The Hall–Kier alpha value is -2.39. The van der Waals surface area contributed by atoms with E-state index in [1.54, 1.807) is 0 Å². The van der Waals surface area contributed by atoms with Crippen LogP contribution in [0, 0.1) is 0 Å². The van der Waals surface area contributed by atoms with Crippen molar-refractivity contribution in [3.63, 3.8) is 0 Å². The predicted octanol–water partition coefficient (Wildman–Crippen LogP) is 4.07. The van der Waals surface area contributed by atoms with E-state index in [4.69, 9.17) is 5.10 Å². The van der Waals surface area contributed by atoms with Crippen LogP contribution in [0.4, 0.5) is 0 Å². The largest absolute Gasteiger partial charge is 0.309 e. The molecule has 122 valence electrons. The molecule has 0 spiro atoms. The summed E-state index contributed by atoms with van der Waals surface area (Å²) in [6.07, 6.45) is 2.10. The van der Waals surface area contributed by atoms with Crippen LogP contribution >= 0.6 is 0 Å². The van der Waals surface area contributed by atoms with Gasteiger partial charge in [-0.15, -0.1) is 0 Å². The van der Waals surface area contributed by atoms with Crippen molar-refractivity contribution < 1.29 is 0 Å². The molecule has 0 N–H and O–H groups in total. The molecule has 0 amide bonds. The fraction of sp³-hybridized carbons (Fsp3) is 0.286. The summed E-state index contributed by atoms with van der Waals surface area (Å²) in [6.45, 7) is 2.03. The molecule has 0 fully saturated rings. The monoisotopic (exact) mass is 317 g/mol. The highest BCUT2D eigenvalue weighted by atomic mass is 15.3. The molecule has 0 aliphatic heterocycles. The van der Waals surface area contributed by atoms with E-state index in [1.165, 1.54) is 33.6 Å². The zero-order valence-corrected chi connectivity index (χ0v) is 14.4. The van der Waals surface area contributed by atoms with E-state index in [0.29, 0.717) is 0 Å². The first-order valence-corrected chi connectivity index (χ1v) is 8.62. The molecule has 3 heteroatoms. The summed E-state index contributed by atoms with van der Waals surface area (Å²) < 4.78 is 2.22. The second-order valence-electron chi connectivity index (χ2n) is 6.76. The summed E-state index contributed by atoms with van der Waals surface area (Å²) in [5, 5.41) is 5.00. The summed E-state index contributed by atoms with van der Waals surface area (Å²) in [6, 6.07) is 19.4. The quantitative estimate of drug-likeness (QED) is 0.553. The number of aromatic nitrogens is 2. The smallest absolute Gasteiger partial charge is 0.0968 e. The lowest BCUT2D eigenvalue weighted by molar-refractivity contribution is 0.381. The number of nitrogens with zero attached hydrogens (tertiary/aromatic N) is 3. The Morgan fingerprint density at radius 3 is 2.54 bits per heavy atom. The first-order valence-electron chi connectivity index (χ1n) is 8.62. The van der Waals surface area contributed by atoms with Crippen LogP contribution in [0.2, 0.25) is 0 Å². The van der Waals surface area contributed by atoms with Gasteiger partial charge in [-0.25, -0.2) is 0 Å². The van der Waals surface area contributed by atoms with E-state index in [0.717, 1.165) is 25.9 Å². The lowest BCUT2D eigenvalue weighted by atomic mass is 10.1. The molecule has 0 bridgehead atoms. The van der Waals surface area contributed by atoms with Gasteiger partial charge in [-0.2, -0.15) is 5.10 Å². The number of hydrogen-bond acceptors (Lipinski definition) is 2. The molecule has 1 aliphatic rings. The van der Waals surface area contributed by atoms with Crippen molar-refractivity contribution in [3.05, 3.63) is 65.7 Å². The van der Waals surface area contributed by atoms with Crippen LogP contribution in [-0.4, -0.2) is 35.3 Å². The van der Waals surface area contributed by atoms with E-state index in [2.05, 4.69) is 78.3 Å². The molecule has 3 aromatic rings. The fourth-order valence-electron chi connectivity index (χ4n) is 3.60. The zero-order valence-electron chi connectivity index (χ0n) is 14.4. The van der Waals surface area contributed by atoms with Gasteiger partial charge in [0.05, 0.1) is 11.4 Å². The summed E-state index contributed by atoms with van der Waals surface area (Å²) in [4.78, 5) is 2.23. The van der Waals surface area contributed by atoms with E-state index >= 15 is 0 Å². The molecule has 0 saturated heterocycles. The van der Waals surface area contributed by atoms with E-state index in [1.807, 2.05) is 0 Å². The molecule has 24 heavy (non-hydrogen) atoms. The highest BCUT2D eigenvalue weighted by Gasteiger charge is 2.27. The Balaban J connectivity index is 1.77. The minimum atomic E-state index is 0.956. The van der Waals surface area contributed by atoms with Gasteiger partial charge < -0.3 is 4.90 Å². The number of hydrogen-bond donors (Lipinski definition) is 0. The SMILES string of the molecule is CN(C)CCCn1nc2c(c1-c1ccccc1)Cc1ccccc1-2. The standard InChI is InChI=1S/C21H23N3/c1-23(2)13-8-14-24-21(16-9-4-3-5-10-16)19-15-17-11-6-7-12-18(17)20(19)22-24/h3-7,9-12H,8,13-15H2,1-2H3. The normalized spacial score (nSPS) is 12.5. The van der Waals surface area contributed by atoms with Gasteiger partial charge in [-0.3, -0.25) is 4.68 Å². The third kappa shape index (κ3) is 2.65. The number of rotatable bonds is 5. The fourth-order valence-corrected chi connectivity index (χ4v) is 3.60. The van der Waals surface area contributed by atoms with Crippen LogP contribution in [0.25, 0.3) is 22.5 Å². The Morgan fingerprint density at radius 1 is 1.00 bits per heavy atom. The molecule has 2 aromatic carbocycles. The van der Waals surface area contributed by atoms with Crippen LogP contribution < -0.4 is 0 Å². The minimum Gasteiger partial charge on any atom is -0.309 e. The zero-order chi connectivity index (χ0) is 16.5. The first kappa shape index (κ1) is 15.2. The van der Waals surface area contributed by atoms with E-state index in [-0.39, 0.29) is 0 Å². The maximum absolute atomic E-state index is 5.00. The van der Waals surface area contributed by atoms with Crippen molar-refractivity contribution >= 4 is 0 Å². The summed E-state index contributed by atoms with van der Waals surface area (Å²) in [7, 11) is 4.24. The summed E-state index contributed by atoms with van der Waals surface area (Å²) in [5.74, 6) is 0. The van der Waals surface area contributed by atoms with Gasteiger partial charge in [0, 0.05) is 29.7 Å². The van der Waals surface area contributed by atoms with Crippen molar-refractivity contribution in [1.82, 2.24) is 14.7 Å². The predicted molar refractivity (Wildman–Crippen MR) is 99.1 cm³/mol. The van der Waals surface area contributed by atoms with Gasteiger partial charge in [0.1, 0.15) is 0 Å². The maximum Gasteiger partial charge on any atom is 0.0968 e. The van der Waals surface area contributed by atoms with E-state index in [9.17, 15) is 0 Å². The first-order chi connectivity index (χ1) is 11.7.